The number of imide groups is 2. The lowest BCUT2D eigenvalue weighted by molar-refractivity contribution is -0.136. The maximum absolute atomic E-state index is 13.3. The molecule has 5 heterocycles. The number of benzene rings is 1. The maximum atomic E-state index is 13.3. The van der Waals surface area contributed by atoms with Gasteiger partial charge in [-0.15, -0.1) is 0 Å². The third-order valence-electron chi connectivity index (χ3n) is 8.09. The van der Waals surface area contributed by atoms with Crippen molar-refractivity contribution >= 4 is 64.2 Å². The van der Waals surface area contributed by atoms with Gasteiger partial charge in [-0.3, -0.25) is 44.1 Å². The number of rotatable bonds is 8. The van der Waals surface area contributed by atoms with Gasteiger partial charge in [0.15, 0.2) is 0 Å². The molecule has 2 fully saturated rings. The van der Waals surface area contributed by atoms with Gasteiger partial charge in [0, 0.05) is 75.1 Å². The number of piperazine rings is 1. The molecule has 16 heteroatoms. The Kier molecular flexibility index (Phi) is 9.08. The van der Waals surface area contributed by atoms with E-state index < -0.39 is 35.7 Å². The van der Waals surface area contributed by atoms with Crippen LogP contribution in [0, 0.1) is 0 Å². The van der Waals surface area contributed by atoms with Gasteiger partial charge in [-0.05, 0) is 42.8 Å². The van der Waals surface area contributed by atoms with Crippen molar-refractivity contribution in [3.05, 3.63) is 76.8 Å². The van der Waals surface area contributed by atoms with Crippen molar-refractivity contribution in [1.29, 1.82) is 0 Å². The molecular formula is C31H30ClN9O6. The standard InChI is InChI=1S/C31H30ClN9O6/c32-24-17-19(7-9-35-24)37-31(47)36-18-6-8-33-22(16-18)29(45)40-14-12-39(13-15-40)11-10-34-21-3-1-2-20-26(21)30(46)41(28(20)44)23-4-5-25(42)38-27(23)43/h1-3,6-9,16-17,23,34H,4-5,10-15H2,(H,38,42,43)(H2,33,35,36,37,47). The first kappa shape index (κ1) is 31.6. The Bertz CT molecular complexity index is 1780. The number of anilines is 3. The van der Waals surface area contributed by atoms with Gasteiger partial charge in [-0.25, -0.2) is 9.78 Å². The van der Waals surface area contributed by atoms with E-state index in [1.807, 2.05) is 0 Å². The second-order valence-corrected chi connectivity index (χ2v) is 11.5. The molecule has 1 unspecified atom stereocenters. The highest BCUT2D eigenvalue weighted by atomic mass is 35.5. The average molecular weight is 660 g/mol. The number of urea groups is 1. The highest BCUT2D eigenvalue weighted by Crippen LogP contribution is 2.32. The second kappa shape index (κ2) is 13.5. The molecule has 0 spiro atoms. The zero-order valence-corrected chi connectivity index (χ0v) is 25.7. The van der Waals surface area contributed by atoms with Crippen LogP contribution in [0.2, 0.25) is 5.15 Å². The Hall–Kier alpha value is -5.41. The van der Waals surface area contributed by atoms with Crippen molar-refractivity contribution < 1.29 is 28.8 Å². The maximum Gasteiger partial charge on any atom is 0.323 e. The molecule has 47 heavy (non-hydrogen) atoms. The first-order valence-electron chi connectivity index (χ1n) is 14.9. The molecule has 0 radical (unpaired) electrons. The van der Waals surface area contributed by atoms with Crippen LogP contribution < -0.4 is 21.3 Å². The van der Waals surface area contributed by atoms with Crippen molar-refractivity contribution in [2.45, 2.75) is 18.9 Å². The van der Waals surface area contributed by atoms with Gasteiger partial charge in [0.05, 0.1) is 11.1 Å². The van der Waals surface area contributed by atoms with E-state index in [2.05, 4.69) is 36.1 Å². The number of nitrogens with zero attached hydrogens (tertiary/aromatic N) is 5. The van der Waals surface area contributed by atoms with Gasteiger partial charge in [-0.1, -0.05) is 17.7 Å². The van der Waals surface area contributed by atoms with Gasteiger partial charge < -0.3 is 20.9 Å². The summed E-state index contributed by atoms with van der Waals surface area (Å²) in [5.41, 5.74) is 1.98. The number of fused-ring (bicyclic) bond motifs is 1. The van der Waals surface area contributed by atoms with Gasteiger partial charge >= 0.3 is 6.03 Å². The molecule has 0 bridgehead atoms. The number of aromatic nitrogens is 2. The van der Waals surface area contributed by atoms with Crippen LogP contribution in [0.1, 0.15) is 44.0 Å². The number of pyridine rings is 2. The van der Waals surface area contributed by atoms with E-state index in [9.17, 15) is 28.8 Å². The molecule has 3 aliphatic heterocycles. The van der Waals surface area contributed by atoms with E-state index in [0.29, 0.717) is 56.3 Å². The minimum Gasteiger partial charge on any atom is -0.383 e. The minimum atomic E-state index is -1.03. The van der Waals surface area contributed by atoms with E-state index in [1.165, 1.54) is 24.5 Å². The largest absolute Gasteiger partial charge is 0.383 e. The number of carbonyl (C=O) groups is 6. The molecule has 6 rings (SSSR count). The number of piperidine rings is 1. The minimum absolute atomic E-state index is 0.0521. The lowest BCUT2D eigenvalue weighted by Crippen LogP contribution is -2.54. The van der Waals surface area contributed by atoms with Gasteiger partial charge in [-0.2, -0.15) is 0 Å². The molecule has 3 aliphatic rings. The number of amides is 7. The lowest BCUT2D eigenvalue weighted by atomic mass is 10.0. The highest BCUT2D eigenvalue weighted by molar-refractivity contribution is 6.29. The molecule has 0 saturated carbocycles. The molecule has 1 aromatic carbocycles. The Morgan fingerprint density at radius 1 is 0.915 bits per heavy atom. The quantitative estimate of drug-likeness (QED) is 0.206. The van der Waals surface area contributed by atoms with Crippen LogP contribution in [0.5, 0.6) is 0 Å². The van der Waals surface area contributed by atoms with Crippen molar-refractivity contribution in [1.82, 2.24) is 30.0 Å². The van der Waals surface area contributed by atoms with E-state index in [1.54, 1.807) is 35.2 Å². The lowest BCUT2D eigenvalue weighted by Gasteiger charge is -2.34. The van der Waals surface area contributed by atoms with Crippen LogP contribution in [0.15, 0.2) is 54.9 Å². The van der Waals surface area contributed by atoms with Crippen LogP contribution in [-0.4, -0.2) is 106 Å². The average Bonchev–Trinajstić information content (AvgIpc) is 3.31. The van der Waals surface area contributed by atoms with Crippen molar-refractivity contribution in [2.24, 2.45) is 0 Å². The Labute approximate surface area is 273 Å². The highest BCUT2D eigenvalue weighted by Gasteiger charge is 2.45. The van der Waals surface area contributed by atoms with Gasteiger partial charge in [0.2, 0.25) is 11.8 Å². The fraction of sp³-hybridized carbons (Fsp3) is 0.290. The smallest absolute Gasteiger partial charge is 0.323 e. The SMILES string of the molecule is O=C1CCC(N2C(=O)c3cccc(NCCN4CCN(C(=O)c5cc(NC(=O)Nc6ccnc(Cl)c6)ccn5)CC4)c3C2=O)C(=O)N1. The summed E-state index contributed by atoms with van der Waals surface area (Å²) in [6, 6.07) is 9.60. The van der Waals surface area contributed by atoms with Crippen LogP contribution >= 0.6 is 11.6 Å². The first-order valence-corrected chi connectivity index (χ1v) is 15.3. The third kappa shape index (κ3) is 6.90. The Morgan fingerprint density at radius 2 is 1.64 bits per heavy atom. The second-order valence-electron chi connectivity index (χ2n) is 11.1. The number of hydrogen-bond donors (Lipinski definition) is 4. The van der Waals surface area contributed by atoms with Crippen LogP contribution in [0.3, 0.4) is 0 Å². The van der Waals surface area contributed by atoms with Crippen molar-refractivity contribution in [2.75, 3.05) is 55.2 Å². The molecule has 7 amide bonds. The molecule has 0 aliphatic carbocycles. The summed E-state index contributed by atoms with van der Waals surface area (Å²) < 4.78 is 0. The fourth-order valence-corrected chi connectivity index (χ4v) is 5.92. The molecule has 3 aromatic rings. The number of hydrogen-bond acceptors (Lipinski definition) is 10. The summed E-state index contributed by atoms with van der Waals surface area (Å²) in [6.45, 7) is 3.23. The predicted octanol–water partition coefficient (Wildman–Crippen LogP) is 2.05. The summed E-state index contributed by atoms with van der Waals surface area (Å²) >= 11 is 5.86. The van der Waals surface area contributed by atoms with Crippen LogP contribution in [0.4, 0.5) is 21.9 Å². The molecule has 2 aromatic heterocycles. The Morgan fingerprint density at radius 3 is 2.36 bits per heavy atom. The van der Waals surface area contributed by atoms with Crippen LogP contribution in [-0.2, 0) is 9.59 Å². The molecule has 2 saturated heterocycles. The molecule has 4 N–H and O–H groups in total. The van der Waals surface area contributed by atoms with Crippen LogP contribution in [0.25, 0.3) is 0 Å². The van der Waals surface area contributed by atoms with Gasteiger partial charge in [0.25, 0.3) is 17.7 Å². The third-order valence-corrected chi connectivity index (χ3v) is 8.30. The number of nitrogens with one attached hydrogen (secondary N) is 4. The first-order chi connectivity index (χ1) is 22.7. The van der Waals surface area contributed by atoms with E-state index in [-0.39, 0.29) is 40.7 Å². The Balaban J connectivity index is 0.990. The summed E-state index contributed by atoms with van der Waals surface area (Å²) in [7, 11) is 0. The van der Waals surface area contributed by atoms with E-state index in [0.717, 1.165) is 4.90 Å². The number of carbonyl (C=O) groups excluding carboxylic acids is 6. The summed E-state index contributed by atoms with van der Waals surface area (Å²) in [5, 5.41) is 11.0. The summed E-state index contributed by atoms with van der Waals surface area (Å²) in [5.74, 6) is -2.46. The topological polar surface area (TPSA) is 186 Å². The zero-order valence-electron chi connectivity index (χ0n) is 25.0. The summed E-state index contributed by atoms with van der Waals surface area (Å²) in [6.07, 6.45) is 3.07. The number of halogens is 1. The monoisotopic (exact) mass is 659 g/mol. The van der Waals surface area contributed by atoms with Crippen molar-refractivity contribution in [3.8, 4) is 0 Å². The van der Waals surface area contributed by atoms with Crippen molar-refractivity contribution in [3.63, 3.8) is 0 Å². The molecule has 15 nitrogen and oxygen atoms in total. The molecule has 1 atom stereocenters. The van der Waals surface area contributed by atoms with E-state index >= 15 is 0 Å². The molecular weight excluding hydrogens is 630 g/mol. The zero-order chi connectivity index (χ0) is 33.1. The summed E-state index contributed by atoms with van der Waals surface area (Å²) in [4.78, 5) is 88.8. The molecule has 242 valence electrons. The van der Waals surface area contributed by atoms with E-state index in [4.69, 9.17) is 11.6 Å². The fourth-order valence-electron chi connectivity index (χ4n) is 5.75. The van der Waals surface area contributed by atoms with Gasteiger partial charge in [0.1, 0.15) is 16.9 Å². The normalized spacial score (nSPS) is 18.1. The predicted molar refractivity (Wildman–Crippen MR) is 170 cm³/mol.